The number of piperidine rings is 1. The molecule has 5 rings (SSSR count). The van der Waals surface area contributed by atoms with Gasteiger partial charge in [-0.05, 0) is 36.1 Å². The fourth-order valence-electron chi connectivity index (χ4n) is 4.37. The van der Waals surface area contributed by atoms with Crippen LogP contribution < -0.4 is 0 Å². The summed E-state index contributed by atoms with van der Waals surface area (Å²) in [4.78, 5) is 25.8. The molecule has 1 aromatic carbocycles. The number of nitrogens with zero attached hydrogens (tertiary/aromatic N) is 3. The maximum absolute atomic E-state index is 11.5. The van der Waals surface area contributed by atoms with E-state index in [0.717, 1.165) is 66.6 Å². The Morgan fingerprint density at radius 2 is 2.11 bits per heavy atom. The first-order valence-electron chi connectivity index (χ1n) is 9.11. The number of aldehydes is 1. The lowest BCUT2D eigenvalue weighted by atomic mass is 9.83. The van der Waals surface area contributed by atoms with Gasteiger partial charge in [-0.3, -0.25) is 9.88 Å². The van der Waals surface area contributed by atoms with Crippen molar-refractivity contribution in [1.82, 2.24) is 19.9 Å². The molecule has 1 fully saturated rings. The molecule has 0 bridgehead atoms. The van der Waals surface area contributed by atoms with Crippen LogP contribution >= 0.6 is 11.6 Å². The van der Waals surface area contributed by atoms with E-state index in [1.54, 1.807) is 12.4 Å². The second-order valence-corrected chi connectivity index (χ2v) is 7.68. The molecular weight excluding hydrogens is 364 g/mol. The Kier molecular flexibility index (Phi) is 4.00. The van der Waals surface area contributed by atoms with E-state index in [-0.39, 0.29) is 0 Å². The topological polar surface area (TPSA) is 71.1 Å². The molecule has 4 heterocycles. The van der Waals surface area contributed by atoms with E-state index < -0.39 is 11.7 Å². The lowest BCUT2D eigenvalue weighted by Crippen LogP contribution is -2.42. The summed E-state index contributed by atoms with van der Waals surface area (Å²) >= 11 is 6.23. The van der Waals surface area contributed by atoms with Crippen molar-refractivity contribution in [2.75, 3.05) is 13.1 Å². The third-order valence-corrected chi connectivity index (χ3v) is 5.97. The Bertz CT molecular complexity index is 1010. The predicted octanol–water partition coefficient (Wildman–Crippen LogP) is 3.37. The van der Waals surface area contributed by atoms with E-state index in [1.807, 2.05) is 24.4 Å². The summed E-state index contributed by atoms with van der Waals surface area (Å²) in [6.45, 7) is 2.57. The number of nitrogens with one attached hydrogen (secondary N) is 1. The highest BCUT2D eigenvalue weighted by Crippen LogP contribution is 2.49. The van der Waals surface area contributed by atoms with E-state index in [1.165, 1.54) is 0 Å². The number of hydrogen-bond donors (Lipinski definition) is 1. The number of benzene rings is 1. The average Bonchev–Trinajstić information content (AvgIpc) is 3.23. The van der Waals surface area contributed by atoms with Gasteiger partial charge in [-0.2, -0.15) is 0 Å². The summed E-state index contributed by atoms with van der Waals surface area (Å²) in [7, 11) is 0. The molecule has 0 saturated carbocycles. The van der Waals surface area contributed by atoms with Crippen molar-refractivity contribution in [3.05, 3.63) is 58.5 Å². The molecule has 1 unspecified atom stereocenters. The second-order valence-electron chi connectivity index (χ2n) is 7.24. The fraction of sp³-hybridized carbons (Fsp3) is 0.350. The molecule has 0 radical (unpaired) electrons. The number of likely N-dealkylation sites (tertiary alicyclic amines) is 1. The number of carbonyl (C=O) groups excluding carboxylic acids is 1. The Morgan fingerprint density at radius 1 is 1.30 bits per heavy atom. The van der Waals surface area contributed by atoms with Crippen LogP contribution in [-0.2, 0) is 21.7 Å². The van der Waals surface area contributed by atoms with Gasteiger partial charge in [0.05, 0.1) is 5.60 Å². The molecule has 27 heavy (non-hydrogen) atoms. The molecule has 0 aliphatic carbocycles. The van der Waals surface area contributed by atoms with E-state index in [4.69, 9.17) is 16.3 Å². The van der Waals surface area contributed by atoms with Gasteiger partial charge in [-0.15, -0.1) is 0 Å². The highest BCUT2D eigenvalue weighted by Gasteiger charge is 2.46. The number of ether oxygens (including phenoxy) is 1. The van der Waals surface area contributed by atoms with Crippen molar-refractivity contribution in [3.63, 3.8) is 0 Å². The van der Waals surface area contributed by atoms with Crippen molar-refractivity contribution in [2.45, 2.75) is 31.1 Å². The van der Waals surface area contributed by atoms with Gasteiger partial charge in [-0.1, -0.05) is 17.7 Å². The van der Waals surface area contributed by atoms with Crippen LogP contribution in [0.3, 0.4) is 0 Å². The summed E-state index contributed by atoms with van der Waals surface area (Å²) in [5.74, 6) is 0. The van der Waals surface area contributed by atoms with Gasteiger partial charge in [-0.25, -0.2) is 4.98 Å². The number of hydrogen-bond acceptors (Lipinski definition) is 5. The van der Waals surface area contributed by atoms with Gasteiger partial charge in [0.2, 0.25) is 0 Å². The van der Waals surface area contributed by atoms with Crippen LogP contribution in [0.25, 0.3) is 11.2 Å². The Balaban J connectivity index is 1.36. The van der Waals surface area contributed by atoms with Crippen LogP contribution in [0.15, 0.2) is 36.8 Å². The zero-order valence-corrected chi connectivity index (χ0v) is 15.4. The van der Waals surface area contributed by atoms with E-state index in [9.17, 15) is 4.79 Å². The summed E-state index contributed by atoms with van der Waals surface area (Å²) in [6, 6.07) is 5.71. The number of aromatic nitrogens is 3. The molecule has 3 aromatic rings. The fourth-order valence-corrected chi connectivity index (χ4v) is 4.54. The molecular formula is C20H19ClN4O2. The lowest BCUT2D eigenvalue weighted by molar-refractivity contribution is -0.137. The molecule has 1 spiro atoms. The number of fused-ring (bicyclic) bond motifs is 3. The molecule has 2 aromatic heterocycles. The van der Waals surface area contributed by atoms with Crippen LogP contribution in [0, 0.1) is 0 Å². The largest absolute Gasteiger partial charge is 0.355 e. The van der Waals surface area contributed by atoms with Crippen LogP contribution in [0.2, 0.25) is 5.02 Å². The van der Waals surface area contributed by atoms with Crippen molar-refractivity contribution in [2.24, 2.45) is 0 Å². The number of aromatic amines is 1. The Morgan fingerprint density at radius 3 is 2.93 bits per heavy atom. The van der Waals surface area contributed by atoms with Crippen LogP contribution in [-0.4, -0.2) is 39.2 Å². The van der Waals surface area contributed by atoms with Gasteiger partial charge in [0, 0.05) is 48.8 Å². The average molecular weight is 383 g/mol. The highest BCUT2D eigenvalue weighted by atomic mass is 35.5. The van der Waals surface area contributed by atoms with Crippen molar-refractivity contribution in [3.8, 4) is 0 Å². The van der Waals surface area contributed by atoms with Crippen LogP contribution in [0.1, 0.15) is 35.6 Å². The molecule has 6 nitrogen and oxygen atoms in total. The maximum Gasteiger partial charge on any atom is 0.156 e. The molecule has 1 N–H and O–H groups in total. The van der Waals surface area contributed by atoms with Crippen molar-refractivity contribution >= 4 is 29.1 Å². The molecule has 0 amide bonds. The maximum atomic E-state index is 11.5. The van der Waals surface area contributed by atoms with Gasteiger partial charge in [0.1, 0.15) is 11.6 Å². The standard InChI is InChI=1S/C20H19ClN4O2/c21-14-1-2-15-16(9-14)20(27-17(15)12-26)3-7-25(8-4-20)11-13-10-24-19-18(13)22-5-6-23-19/h1-2,5-6,9-10,12,17H,3-4,7-8,11H2,(H,23,24). The quantitative estimate of drug-likeness (QED) is 0.703. The molecule has 7 heteroatoms. The second kappa shape index (κ2) is 6.41. The molecule has 138 valence electrons. The first-order valence-corrected chi connectivity index (χ1v) is 9.49. The van der Waals surface area contributed by atoms with E-state index >= 15 is 0 Å². The number of H-pyrrole nitrogens is 1. The first-order chi connectivity index (χ1) is 13.2. The monoisotopic (exact) mass is 382 g/mol. The first kappa shape index (κ1) is 16.9. The minimum Gasteiger partial charge on any atom is -0.355 e. The third kappa shape index (κ3) is 2.76. The van der Waals surface area contributed by atoms with Gasteiger partial charge >= 0.3 is 0 Å². The SMILES string of the molecule is O=CC1OC2(CCN(Cc3c[nH]c4nccnc34)CC2)c2cc(Cl)ccc21. The highest BCUT2D eigenvalue weighted by molar-refractivity contribution is 6.30. The molecule has 2 aliphatic rings. The lowest BCUT2D eigenvalue weighted by Gasteiger charge is -2.39. The molecule has 1 saturated heterocycles. The summed E-state index contributed by atoms with van der Waals surface area (Å²) < 4.78 is 6.24. The molecule has 2 aliphatic heterocycles. The predicted molar refractivity (Wildman–Crippen MR) is 101 cm³/mol. The summed E-state index contributed by atoms with van der Waals surface area (Å²) in [5.41, 5.74) is 4.50. The van der Waals surface area contributed by atoms with Crippen LogP contribution in [0.5, 0.6) is 0 Å². The van der Waals surface area contributed by atoms with Gasteiger partial charge in [0.15, 0.2) is 11.9 Å². The van der Waals surface area contributed by atoms with Crippen molar-refractivity contribution in [1.29, 1.82) is 0 Å². The smallest absolute Gasteiger partial charge is 0.156 e. The van der Waals surface area contributed by atoms with Crippen molar-refractivity contribution < 1.29 is 9.53 Å². The zero-order chi connectivity index (χ0) is 18.4. The Labute approximate surface area is 161 Å². The van der Waals surface area contributed by atoms with Gasteiger partial charge in [0.25, 0.3) is 0 Å². The Hall–Kier alpha value is -2.28. The van der Waals surface area contributed by atoms with E-state index in [0.29, 0.717) is 5.02 Å². The van der Waals surface area contributed by atoms with Crippen LogP contribution in [0.4, 0.5) is 0 Å². The number of rotatable bonds is 3. The minimum absolute atomic E-state index is 0.414. The number of carbonyl (C=O) groups is 1. The normalized spacial score (nSPS) is 21.6. The molecule has 1 atom stereocenters. The minimum atomic E-state index is -0.493. The zero-order valence-electron chi connectivity index (χ0n) is 14.7. The van der Waals surface area contributed by atoms with E-state index in [2.05, 4.69) is 19.9 Å². The summed E-state index contributed by atoms with van der Waals surface area (Å²) in [6.07, 6.45) is 7.45. The number of halogens is 1. The third-order valence-electron chi connectivity index (χ3n) is 5.73. The van der Waals surface area contributed by atoms with Gasteiger partial charge < -0.3 is 14.5 Å². The summed E-state index contributed by atoms with van der Waals surface area (Å²) in [5, 5.41) is 0.683.